The molecule has 0 aromatic heterocycles. The van der Waals surface area contributed by atoms with E-state index in [0.29, 0.717) is 0 Å². The Balaban J connectivity index is 2.39. The maximum Gasteiger partial charge on any atom is 0.438 e. The average molecular weight is 388 g/mol. The van der Waals surface area contributed by atoms with Crippen LogP contribution in [0.4, 0.5) is 5.69 Å². The third-order valence-corrected chi connectivity index (χ3v) is 19.9. The largest absolute Gasteiger partial charge is 0.438 e. The van der Waals surface area contributed by atoms with E-state index in [-0.39, 0.29) is 0 Å². The van der Waals surface area contributed by atoms with Crippen molar-refractivity contribution in [2.24, 2.45) is 0 Å². The molecule has 1 aliphatic rings. The molecule has 2 rings (SSSR count). The minimum absolute atomic E-state index is 1.09. The van der Waals surface area contributed by atoms with Gasteiger partial charge in [0.25, 0.3) is 0 Å². The maximum absolute atomic E-state index is 6.60. The molecule has 0 N–H and O–H groups in total. The number of hydrogen-bond acceptors (Lipinski definition) is 5. The number of rotatable bonds is 2. The lowest BCUT2D eigenvalue weighted by Crippen LogP contribution is -2.70. The van der Waals surface area contributed by atoms with Crippen molar-refractivity contribution in [1.29, 1.82) is 0 Å². The lowest BCUT2D eigenvalue weighted by molar-refractivity contribution is 0.234. The Morgan fingerprint density at radius 2 is 1.04 bits per heavy atom. The zero-order valence-electron chi connectivity index (χ0n) is 15.5. The van der Waals surface area contributed by atoms with Crippen molar-refractivity contribution >= 4 is 40.1 Å². The molecule has 1 aliphatic heterocycles. The highest BCUT2D eigenvalue weighted by Gasteiger charge is 2.55. The van der Waals surface area contributed by atoms with Gasteiger partial charge < -0.3 is 21.0 Å². The van der Waals surface area contributed by atoms with Crippen LogP contribution in [0.2, 0.25) is 45.8 Å². The Bertz CT molecular complexity index is 531. The van der Waals surface area contributed by atoms with Crippen LogP contribution in [-0.4, -0.2) is 41.5 Å². The highest BCUT2D eigenvalue weighted by Crippen LogP contribution is 2.33. The van der Waals surface area contributed by atoms with Gasteiger partial charge >= 0.3 is 34.4 Å². The molecule has 1 aromatic rings. The third-order valence-electron chi connectivity index (χ3n) is 3.61. The van der Waals surface area contributed by atoms with Crippen LogP contribution in [0.5, 0.6) is 0 Å². The van der Waals surface area contributed by atoms with E-state index in [9.17, 15) is 0 Å². The van der Waals surface area contributed by atoms with Crippen LogP contribution in [0, 0.1) is 0 Å². The highest BCUT2D eigenvalue weighted by atomic mass is 28.5. The summed E-state index contributed by atoms with van der Waals surface area (Å²) in [7, 11) is -7.56. The van der Waals surface area contributed by atoms with Crippen LogP contribution in [0.15, 0.2) is 30.3 Å². The predicted octanol–water partition coefficient (Wildman–Crippen LogP) is 3.88. The second-order valence-corrected chi connectivity index (χ2v) is 21.5. The van der Waals surface area contributed by atoms with Gasteiger partial charge in [-0.15, -0.1) is 0 Å². The molecule has 1 heterocycles. The minimum atomic E-state index is -2.67. The van der Waals surface area contributed by atoms with E-state index < -0.39 is 34.4 Å². The predicted molar refractivity (Wildman–Crippen MR) is 103 cm³/mol. The fourth-order valence-corrected chi connectivity index (χ4v) is 23.9. The third kappa shape index (κ3) is 4.86. The van der Waals surface area contributed by atoms with Crippen molar-refractivity contribution in [3.8, 4) is 0 Å². The molecule has 0 amide bonds. The van der Waals surface area contributed by atoms with E-state index >= 15 is 0 Å². The van der Waals surface area contributed by atoms with Crippen molar-refractivity contribution in [2.45, 2.75) is 45.8 Å². The normalized spacial score (nSPS) is 25.2. The van der Waals surface area contributed by atoms with Crippen molar-refractivity contribution < 1.29 is 16.5 Å². The second kappa shape index (κ2) is 6.22. The molecule has 23 heavy (non-hydrogen) atoms. The molecule has 0 spiro atoms. The zero-order valence-corrected chi connectivity index (χ0v) is 19.5. The first-order valence-corrected chi connectivity index (χ1v) is 18.7. The van der Waals surface area contributed by atoms with Crippen molar-refractivity contribution in [2.75, 3.05) is 11.6 Å². The van der Waals surface area contributed by atoms with Gasteiger partial charge in [0.15, 0.2) is 0 Å². The molecule has 0 unspecified atom stereocenters. The SMILES string of the molecule is CN(c1ccccc1)[Si]1(C)O[Si](C)(C)O[Si](C)(C)O[Si](C)(C)O1. The smallest absolute Gasteiger partial charge is 0.416 e. The van der Waals surface area contributed by atoms with E-state index in [1.54, 1.807) is 0 Å². The molecule has 1 fully saturated rings. The summed E-state index contributed by atoms with van der Waals surface area (Å²) in [5, 5.41) is 0. The molecule has 0 saturated carbocycles. The summed E-state index contributed by atoms with van der Waals surface area (Å²) in [5.74, 6) is 0. The second-order valence-electron chi connectivity index (χ2n) is 7.40. The lowest BCUT2D eigenvalue weighted by atomic mass is 10.3. The van der Waals surface area contributed by atoms with Crippen LogP contribution >= 0.6 is 0 Å². The molecular formula is C14H29NO4Si4. The zero-order chi connectivity index (χ0) is 17.5. The standard InChI is InChI=1S/C14H29NO4Si4/c1-15(14-12-10-9-11-13-14)23(8)18-21(4,5)16-20(2,3)17-22(6,7)19-23/h9-13H,1-8H3. The van der Waals surface area contributed by atoms with Gasteiger partial charge in [0.1, 0.15) is 0 Å². The first kappa shape index (κ1) is 19.1. The number of anilines is 1. The van der Waals surface area contributed by atoms with Crippen LogP contribution in [-0.2, 0) is 16.5 Å². The van der Waals surface area contributed by atoms with Crippen molar-refractivity contribution in [1.82, 2.24) is 0 Å². The number of benzene rings is 1. The number of hydrogen-bond donors (Lipinski definition) is 0. The lowest BCUT2D eigenvalue weighted by Gasteiger charge is -2.49. The molecule has 0 atom stereocenters. The summed E-state index contributed by atoms with van der Waals surface area (Å²) in [5.41, 5.74) is 1.09. The molecule has 9 heteroatoms. The van der Waals surface area contributed by atoms with Gasteiger partial charge in [-0.05, 0) is 58.0 Å². The molecule has 0 radical (unpaired) electrons. The number of para-hydroxylation sites is 1. The maximum atomic E-state index is 6.60. The molecule has 0 bridgehead atoms. The summed E-state index contributed by atoms with van der Waals surface area (Å²) < 4.78 is 28.1. The van der Waals surface area contributed by atoms with Gasteiger partial charge in [-0.2, -0.15) is 0 Å². The number of nitrogens with zero attached hydrogens (tertiary/aromatic N) is 1. The Hall–Kier alpha value is -0.272. The van der Waals surface area contributed by atoms with E-state index in [4.69, 9.17) is 16.5 Å². The van der Waals surface area contributed by atoms with Crippen LogP contribution in [0.3, 0.4) is 0 Å². The topological polar surface area (TPSA) is 40.2 Å². The Morgan fingerprint density at radius 1 is 0.652 bits per heavy atom. The Kier molecular flexibility index (Phi) is 5.16. The first-order valence-electron chi connectivity index (χ1n) is 7.94. The van der Waals surface area contributed by atoms with E-state index in [1.165, 1.54) is 0 Å². The summed E-state index contributed by atoms with van der Waals surface area (Å²) in [6.07, 6.45) is 0. The molecular weight excluding hydrogens is 359 g/mol. The van der Waals surface area contributed by atoms with Crippen LogP contribution < -0.4 is 4.57 Å². The van der Waals surface area contributed by atoms with Crippen molar-refractivity contribution in [3.05, 3.63) is 30.3 Å². The summed E-state index contributed by atoms with van der Waals surface area (Å²) in [6.45, 7) is 14.6. The summed E-state index contributed by atoms with van der Waals surface area (Å²) in [4.78, 5) is 0. The Morgan fingerprint density at radius 3 is 1.48 bits per heavy atom. The van der Waals surface area contributed by atoms with Gasteiger partial charge in [-0.1, -0.05) is 18.2 Å². The average Bonchev–Trinajstić information content (AvgIpc) is 2.32. The first-order chi connectivity index (χ1) is 10.3. The molecule has 130 valence electrons. The van der Waals surface area contributed by atoms with Crippen molar-refractivity contribution in [3.63, 3.8) is 0 Å². The van der Waals surface area contributed by atoms with E-state index in [1.807, 2.05) is 25.2 Å². The van der Waals surface area contributed by atoms with E-state index in [2.05, 4.69) is 62.5 Å². The fourth-order valence-electron chi connectivity index (χ4n) is 3.20. The van der Waals surface area contributed by atoms with Gasteiger partial charge in [0, 0.05) is 12.7 Å². The van der Waals surface area contributed by atoms with Crippen LogP contribution in [0.1, 0.15) is 0 Å². The minimum Gasteiger partial charge on any atom is -0.416 e. The van der Waals surface area contributed by atoms with Gasteiger partial charge in [0.05, 0.1) is 0 Å². The molecule has 0 aliphatic carbocycles. The van der Waals surface area contributed by atoms with Gasteiger partial charge in [0.2, 0.25) is 0 Å². The van der Waals surface area contributed by atoms with Gasteiger partial charge in [-0.3, -0.25) is 0 Å². The monoisotopic (exact) mass is 387 g/mol. The highest BCUT2D eigenvalue weighted by molar-refractivity contribution is 6.93. The van der Waals surface area contributed by atoms with Crippen LogP contribution in [0.25, 0.3) is 0 Å². The van der Waals surface area contributed by atoms with Gasteiger partial charge in [-0.25, -0.2) is 0 Å². The van der Waals surface area contributed by atoms with E-state index in [0.717, 1.165) is 5.69 Å². The fraction of sp³-hybridized carbons (Fsp3) is 0.571. The molecule has 1 saturated heterocycles. The summed E-state index contributed by atoms with van der Waals surface area (Å²) in [6, 6.07) is 10.2. The molecule has 1 aromatic carbocycles. The summed E-state index contributed by atoms with van der Waals surface area (Å²) >= 11 is 0. The quantitative estimate of drug-likeness (QED) is 0.720. The Labute approximate surface area is 144 Å². The molecule has 5 nitrogen and oxygen atoms in total.